The summed E-state index contributed by atoms with van der Waals surface area (Å²) in [5, 5.41) is 36.0. The fourth-order valence-electron chi connectivity index (χ4n) is 2.94. The third-order valence-corrected chi connectivity index (χ3v) is 4.68. The molecule has 0 rings (SSSR count). The molecule has 0 saturated heterocycles. The van der Waals surface area contributed by atoms with Gasteiger partial charge in [0.15, 0.2) is 0 Å². The lowest BCUT2D eigenvalue weighted by atomic mass is 10.0. The number of aliphatic hydroxyl groups excluding tert-OH is 3. The summed E-state index contributed by atoms with van der Waals surface area (Å²) in [6.07, 6.45) is 18.0. The first-order valence-electron chi connectivity index (χ1n) is 10.4. The highest BCUT2D eigenvalue weighted by Crippen LogP contribution is 2.12. The van der Waals surface area contributed by atoms with E-state index in [1.807, 2.05) is 0 Å². The van der Waals surface area contributed by atoms with Crippen molar-refractivity contribution in [2.45, 2.75) is 109 Å². The van der Waals surface area contributed by atoms with Crippen LogP contribution in [0.2, 0.25) is 0 Å². The molecule has 0 aromatic rings. The maximum absolute atomic E-state index is 10.4. The van der Waals surface area contributed by atoms with Gasteiger partial charge in [0.1, 0.15) is 6.10 Å². The summed E-state index contributed by atoms with van der Waals surface area (Å²) in [4.78, 5) is 10.4. The SMILES string of the molecule is O=C(O)CCCCCCCC=CCCCCCCCCC(O)C(O)CO. The third kappa shape index (κ3) is 17.9. The van der Waals surface area contributed by atoms with E-state index in [2.05, 4.69) is 12.2 Å². The van der Waals surface area contributed by atoms with Gasteiger partial charge in [-0.15, -0.1) is 0 Å². The van der Waals surface area contributed by atoms with Crippen LogP contribution in [0.1, 0.15) is 96.3 Å². The molecule has 0 heterocycles. The normalized spacial score (nSPS) is 14.0. The van der Waals surface area contributed by atoms with Crippen molar-refractivity contribution in [3.05, 3.63) is 12.2 Å². The van der Waals surface area contributed by atoms with Gasteiger partial charge in [-0.2, -0.15) is 0 Å². The minimum Gasteiger partial charge on any atom is -0.481 e. The lowest BCUT2D eigenvalue weighted by Gasteiger charge is -2.14. The van der Waals surface area contributed by atoms with E-state index in [1.54, 1.807) is 0 Å². The molecule has 0 spiro atoms. The Morgan fingerprint density at radius 1 is 0.692 bits per heavy atom. The van der Waals surface area contributed by atoms with Crippen molar-refractivity contribution in [1.82, 2.24) is 0 Å². The smallest absolute Gasteiger partial charge is 0.303 e. The summed E-state index contributed by atoms with van der Waals surface area (Å²) in [6.45, 7) is -0.374. The molecular formula is C21H40O5. The van der Waals surface area contributed by atoms with E-state index in [0.717, 1.165) is 51.4 Å². The molecular weight excluding hydrogens is 332 g/mol. The van der Waals surface area contributed by atoms with Gasteiger partial charge in [0, 0.05) is 6.42 Å². The van der Waals surface area contributed by atoms with Crippen LogP contribution in [0.5, 0.6) is 0 Å². The number of rotatable bonds is 19. The second-order valence-corrected chi connectivity index (χ2v) is 7.19. The van der Waals surface area contributed by atoms with Gasteiger partial charge in [-0.05, 0) is 38.5 Å². The molecule has 0 fully saturated rings. The van der Waals surface area contributed by atoms with E-state index < -0.39 is 18.2 Å². The highest BCUT2D eigenvalue weighted by molar-refractivity contribution is 5.66. The molecule has 4 N–H and O–H groups in total. The Kier molecular flexibility index (Phi) is 18.2. The summed E-state index contributed by atoms with van der Waals surface area (Å²) in [6, 6.07) is 0. The van der Waals surface area contributed by atoms with Crippen LogP contribution in [0.15, 0.2) is 12.2 Å². The van der Waals surface area contributed by atoms with Crippen LogP contribution < -0.4 is 0 Å². The first-order chi connectivity index (χ1) is 12.6. The van der Waals surface area contributed by atoms with E-state index in [0.29, 0.717) is 12.8 Å². The van der Waals surface area contributed by atoms with Gasteiger partial charge < -0.3 is 20.4 Å². The second-order valence-electron chi connectivity index (χ2n) is 7.19. The molecule has 0 saturated carbocycles. The second kappa shape index (κ2) is 18.9. The molecule has 0 bridgehead atoms. The molecule has 5 nitrogen and oxygen atoms in total. The number of aliphatic carboxylic acids is 1. The predicted molar refractivity (Wildman–Crippen MR) is 105 cm³/mol. The zero-order chi connectivity index (χ0) is 19.5. The largest absolute Gasteiger partial charge is 0.481 e. The van der Waals surface area contributed by atoms with Gasteiger partial charge in [-0.3, -0.25) is 4.79 Å². The molecule has 154 valence electrons. The van der Waals surface area contributed by atoms with Crippen LogP contribution in [0, 0.1) is 0 Å². The van der Waals surface area contributed by atoms with Gasteiger partial charge in [0.05, 0.1) is 12.7 Å². The zero-order valence-electron chi connectivity index (χ0n) is 16.3. The molecule has 2 unspecified atom stereocenters. The summed E-state index contributed by atoms with van der Waals surface area (Å²) < 4.78 is 0. The lowest BCUT2D eigenvalue weighted by molar-refractivity contribution is -0.137. The monoisotopic (exact) mass is 372 g/mol. The molecule has 2 atom stereocenters. The van der Waals surface area contributed by atoms with Crippen LogP contribution in [0.3, 0.4) is 0 Å². The molecule has 0 aliphatic rings. The Bertz CT molecular complexity index is 343. The zero-order valence-corrected chi connectivity index (χ0v) is 16.3. The van der Waals surface area contributed by atoms with Crippen molar-refractivity contribution >= 4 is 5.97 Å². The van der Waals surface area contributed by atoms with Crippen molar-refractivity contribution in [2.75, 3.05) is 6.61 Å². The minimum atomic E-state index is -1.00. The maximum Gasteiger partial charge on any atom is 0.303 e. The Morgan fingerprint density at radius 2 is 1.15 bits per heavy atom. The average molecular weight is 373 g/mol. The van der Waals surface area contributed by atoms with Crippen molar-refractivity contribution in [2.24, 2.45) is 0 Å². The number of unbranched alkanes of at least 4 members (excludes halogenated alkanes) is 11. The Balaban J connectivity index is 3.20. The van der Waals surface area contributed by atoms with Gasteiger partial charge in [-0.1, -0.05) is 63.5 Å². The van der Waals surface area contributed by atoms with Crippen LogP contribution in [-0.4, -0.2) is 45.2 Å². The Morgan fingerprint density at radius 3 is 1.65 bits per heavy atom. The van der Waals surface area contributed by atoms with Crippen molar-refractivity contribution < 1.29 is 25.2 Å². The predicted octanol–water partition coefficient (Wildman–Crippen LogP) is 4.19. The topological polar surface area (TPSA) is 98.0 Å². The number of hydrogen-bond donors (Lipinski definition) is 4. The van der Waals surface area contributed by atoms with Gasteiger partial charge >= 0.3 is 5.97 Å². The fraction of sp³-hybridized carbons (Fsp3) is 0.857. The van der Waals surface area contributed by atoms with Crippen LogP contribution in [0.4, 0.5) is 0 Å². The van der Waals surface area contributed by atoms with E-state index in [9.17, 15) is 15.0 Å². The highest BCUT2D eigenvalue weighted by Gasteiger charge is 2.13. The molecule has 0 aliphatic heterocycles. The summed E-state index contributed by atoms with van der Waals surface area (Å²) in [7, 11) is 0. The van der Waals surface area contributed by atoms with Crippen molar-refractivity contribution in [3.8, 4) is 0 Å². The number of hydrogen-bond acceptors (Lipinski definition) is 4. The Labute approximate surface area is 159 Å². The average Bonchev–Trinajstić information content (AvgIpc) is 2.63. The minimum absolute atomic E-state index is 0.300. The van der Waals surface area contributed by atoms with E-state index >= 15 is 0 Å². The summed E-state index contributed by atoms with van der Waals surface area (Å²) >= 11 is 0. The lowest BCUT2D eigenvalue weighted by Crippen LogP contribution is -2.28. The van der Waals surface area contributed by atoms with E-state index in [4.69, 9.17) is 10.2 Å². The van der Waals surface area contributed by atoms with E-state index in [-0.39, 0.29) is 6.61 Å². The van der Waals surface area contributed by atoms with Crippen LogP contribution in [-0.2, 0) is 4.79 Å². The van der Waals surface area contributed by atoms with E-state index in [1.165, 1.54) is 32.1 Å². The highest BCUT2D eigenvalue weighted by atomic mass is 16.4. The summed E-state index contributed by atoms with van der Waals surface area (Å²) in [5.41, 5.74) is 0. The number of carbonyl (C=O) groups is 1. The molecule has 5 heteroatoms. The van der Waals surface area contributed by atoms with Crippen LogP contribution >= 0.6 is 0 Å². The van der Waals surface area contributed by atoms with Gasteiger partial charge in [0.25, 0.3) is 0 Å². The van der Waals surface area contributed by atoms with Crippen molar-refractivity contribution in [3.63, 3.8) is 0 Å². The molecule has 0 aromatic carbocycles. The Hall–Kier alpha value is -0.910. The number of carboxylic acids is 1. The summed E-state index contributed by atoms with van der Waals surface area (Å²) in [5.74, 6) is -0.690. The quantitative estimate of drug-likeness (QED) is 0.201. The maximum atomic E-state index is 10.4. The molecule has 0 radical (unpaired) electrons. The first kappa shape index (κ1) is 25.1. The fourth-order valence-corrected chi connectivity index (χ4v) is 2.94. The molecule has 0 aliphatic carbocycles. The number of allylic oxidation sites excluding steroid dienone is 2. The van der Waals surface area contributed by atoms with Gasteiger partial charge in [-0.25, -0.2) is 0 Å². The third-order valence-electron chi connectivity index (χ3n) is 4.68. The van der Waals surface area contributed by atoms with Crippen LogP contribution in [0.25, 0.3) is 0 Å². The number of carboxylic acid groups (broad SMARTS) is 1. The molecule has 26 heavy (non-hydrogen) atoms. The molecule has 0 aromatic heterocycles. The van der Waals surface area contributed by atoms with Crippen molar-refractivity contribution in [1.29, 1.82) is 0 Å². The first-order valence-corrected chi connectivity index (χ1v) is 10.4. The molecule has 0 amide bonds. The van der Waals surface area contributed by atoms with Gasteiger partial charge in [0.2, 0.25) is 0 Å². The number of aliphatic hydroxyl groups is 3. The standard InChI is InChI=1S/C21H40O5/c22-18-20(24)19(23)16-14-12-10-8-6-4-2-1-3-5-7-9-11-13-15-17-21(25)26/h1,3,19-20,22-24H,2,4-18H2,(H,25,26).